The number of hydrogen-bond donors (Lipinski definition) is 1. The summed E-state index contributed by atoms with van der Waals surface area (Å²) in [4.78, 5) is 37.3. The van der Waals surface area contributed by atoms with Gasteiger partial charge in [0.05, 0.1) is 27.8 Å². The number of carbonyl (C=O) groups excluding carboxylic acids is 2. The molecule has 10 heteroatoms. The molecule has 160 valence electrons. The average molecular weight is 455 g/mol. The lowest BCUT2D eigenvalue weighted by molar-refractivity contribution is -0.384. The number of rotatable bonds is 7. The summed E-state index contributed by atoms with van der Waals surface area (Å²) in [7, 11) is 1.19. The van der Waals surface area contributed by atoms with E-state index in [4.69, 9.17) is 27.9 Å². The maximum absolute atomic E-state index is 13.4. The normalized spacial score (nSPS) is 11.8. The molecule has 0 unspecified atom stereocenters. The molecular weight excluding hydrogens is 435 g/mol. The van der Waals surface area contributed by atoms with Gasteiger partial charge in [0.25, 0.3) is 11.6 Å². The van der Waals surface area contributed by atoms with Gasteiger partial charge in [-0.25, -0.2) is 4.79 Å². The number of hydrogen-bond acceptors (Lipinski definition) is 6. The molecule has 0 aliphatic carbocycles. The molecule has 1 N–H and O–H groups in total. The summed E-state index contributed by atoms with van der Waals surface area (Å²) in [5, 5.41) is 21.5. The van der Waals surface area contributed by atoms with Gasteiger partial charge in [0, 0.05) is 23.8 Å². The number of ether oxygens (including phenoxy) is 1. The van der Waals surface area contributed by atoms with Gasteiger partial charge in [-0.1, -0.05) is 37.0 Å². The first-order chi connectivity index (χ1) is 14.1. The number of amides is 1. The second-order valence-corrected chi connectivity index (χ2v) is 7.72. The molecule has 0 heterocycles. The SMILES string of the molecule is COC(=O)[C@@H](CC(C)C)N(C(=O)c1ccc([N+](=O)[O-])cc1)c1cc(Cl)c(Cl)cc1O. The van der Waals surface area contributed by atoms with E-state index in [9.17, 15) is 24.8 Å². The van der Waals surface area contributed by atoms with Gasteiger partial charge >= 0.3 is 5.97 Å². The quantitative estimate of drug-likeness (QED) is 0.363. The van der Waals surface area contributed by atoms with Crippen molar-refractivity contribution < 1.29 is 24.4 Å². The predicted octanol–water partition coefficient (Wildman–Crippen LogP) is 4.84. The number of esters is 1. The molecule has 2 rings (SSSR count). The summed E-state index contributed by atoms with van der Waals surface area (Å²) >= 11 is 12.0. The molecule has 0 saturated heterocycles. The van der Waals surface area contributed by atoms with Gasteiger partial charge in [-0.2, -0.15) is 0 Å². The van der Waals surface area contributed by atoms with E-state index in [1.54, 1.807) is 0 Å². The lowest BCUT2D eigenvalue weighted by atomic mass is 10.00. The number of carbonyl (C=O) groups is 2. The van der Waals surface area contributed by atoms with E-state index >= 15 is 0 Å². The summed E-state index contributed by atoms with van der Waals surface area (Å²) in [5.74, 6) is -1.73. The molecule has 0 radical (unpaired) electrons. The Morgan fingerprint density at radius 2 is 1.73 bits per heavy atom. The zero-order valence-electron chi connectivity index (χ0n) is 16.5. The fourth-order valence-corrected chi connectivity index (χ4v) is 3.21. The number of nitro benzene ring substituents is 1. The maximum Gasteiger partial charge on any atom is 0.328 e. The second-order valence-electron chi connectivity index (χ2n) is 6.90. The van der Waals surface area contributed by atoms with Crippen molar-refractivity contribution in [1.29, 1.82) is 0 Å². The smallest absolute Gasteiger partial charge is 0.328 e. The molecule has 30 heavy (non-hydrogen) atoms. The van der Waals surface area contributed by atoms with Gasteiger partial charge in [0.2, 0.25) is 0 Å². The Bertz CT molecular complexity index is 963. The van der Waals surface area contributed by atoms with Crippen LogP contribution in [-0.4, -0.2) is 35.1 Å². The first kappa shape index (κ1) is 23.4. The van der Waals surface area contributed by atoms with Gasteiger partial charge in [-0.3, -0.25) is 19.8 Å². The van der Waals surface area contributed by atoms with Gasteiger partial charge in [0.15, 0.2) is 0 Å². The van der Waals surface area contributed by atoms with Crippen LogP contribution in [0.25, 0.3) is 0 Å². The monoisotopic (exact) mass is 454 g/mol. The summed E-state index contributed by atoms with van der Waals surface area (Å²) in [6.07, 6.45) is 0.227. The van der Waals surface area contributed by atoms with E-state index in [1.165, 1.54) is 43.5 Å². The topological polar surface area (TPSA) is 110 Å². The van der Waals surface area contributed by atoms with Crippen molar-refractivity contribution in [3.05, 3.63) is 62.1 Å². The molecule has 1 amide bonds. The zero-order valence-corrected chi connectivity index (χ0v) is 18.0. The van der Waals surface area contributed by atoms with Crippen LogP contribution in [0.1, 0.15) is 30.6 Å². The van der Waals surface area contributed by atoms with E-state index in [0.29, 0.717) is 0 Å². The van der Waals surface area contributed by atoms with Crippen LogP contribution in [-0.2, 0) is 9.53 Å². The number of benzene rings is 2. The number of anilines is 1. The minimum absolute atomic E-state index is 0.00817. The average Bonchev–Trinajstić information content (AvgIpc) is 2.70. The number of non-ortho nitro benzene ring substituents is 1. The van der Waals surface area contributed by atoms with E-state index < -0.39 is 22.8 Å². The molecule has 2 aromatic rings. The first-order valence-electron chi connectivity index (χ1n) is 8.90. The molecule has 0 bridgehead atoms. The minimum Gasteiger partial charge on any atom is -0.506 e. The number of nitro groups is 1. The lowest BCUT2D eigenvalue weighted by Crippen LogP contribution is -2.46. The third-order valence-electron chi connectivity index (χ3n) is 4.30. The Morgan fingerprint density at radius 3 is 2.23 bits per heavy atom. The van der Waals surface area contributed by atoms with Crippen molar-refractivity contribution >= 4 is 46.5 Å². The molecule has 0 aromatic heterocycles. The summed E-state index contributed by atoms with van der Waals surface area (Å²) < 4.78 is 4.88. The molecule has 0 spiro atoms. The standard InChI is InChI=1S/C20H20Cl2N2O6/c1-11(2)8-17(20(27)30-3)23(16-9-14(21)15(22)10-18(16)25)19(26)12-4-6-13(7-5-12)24(28)29/h4-7,9-11,17,25H,8H2,1-3H3/t17-/m1/s1. The second kappa shape index (κ2) is 9.77. The van der Waals surface area contributed by atoms with Crippen LogP contribution in [0.5, 0.6) is 5.75 Å². The number of methoxy groups -OCH3 is 1. The molecule has 0 saturated carbocycles. The third-order valence-corrected chi connectivity index (χ3v) is 5.02. The molecule has 0 fully saturated rings. The molecule has 0 aliphatic rings. The fraction of sp³-hybridized carbons (Fsp3) is 0.300. The highest BCUT2D eigenvalue weighted by Gasteiger charge is 2.35. The van der Waals surface area contributed by atoms with Crippen molar-refractivity contribution in [3.8, 4) is 5.75 Å². The van der Waals surface area contributed by atoms with E-state index in [-0.39, 0.29) is 45.1 Å². The number of aromatic hydroxyl groups is 1. The van der Waals surface area contributed by atoms with Crippen molar-refractivity contribution in [2.45, 2.75) is 26.3 Å². The highest BCUT2D eigenvalue weighted by Crippen LogP contribution is 2.38. The zero-order chi connectivity index (χ0) is 22.6. The highest BCUT2D eigenvalue weighted by molar-refractivity contribution is 6.42. The van der Waals surface area contributed by atoms with E-state index in [2.05, 4.69) is 0 Å². The number of phenolic OH excluding ortho intramolecular Hbond substituents is 1. The lowest BCUT2D eigenvalue weighted by Gasteiger charge is -2.31. The van der Waals surface area contributed by atoms with E-state index in [0.717, 1.165) is 4.90 Å². The van der Waals surface area contributed by atoms with Gasteiger partial charge < -0.3 is 9.84 Å². The Morgan fingerprint density at radius 1 is 1.17 bits per heavy atom. The first-order valence-corrected chi connectivity index (χ1v) is 9.66. The molecule has 2 aromatic carbocycles. The molecule has 0 aliphatic heterocycles. The number of nitrogens with zero attached hydrogens (tertiary/aromatic N) is 2. The Labute approximate surface area is 183 Å². The van der Waals surface area contributed by atoms with Crippen molar-refractivity contribution in [1.82, 2.24) is 0 Å². The van der Waals surface area contributed by atoms with Crippen LogP contribution in [0.4, 0.5) is 11.4 Å². The van der Waals surface area contributed by atoms with Crippen LogP contribution in [0.15, 0.2) is 36.4 Å². The summed E-state index contributed by atoms with van der Waals surface area (Å²) in [6.45, 7) is 3.72. The predicted molar refractivity (Wildman–Crippen MR) is 113 cm³/mol. The Balaban J connectivity index is 2.65. The maximum atomic E-state index is 13.4. The fourth-order valence-electron chi connectivity index (χ4n) is 2.89. The molecule has 1 atom stereocenters. The van der Waals surface area contributed by atoms with Crippen LogP contribution in [0.3, 0.4) is 0 Å². The largest absolute Gasteiger partial charge is 0.506 e. The Hall–Kier alpha value is -2.84. The third kappa shape index (κ3) is 5.20. The van der Waals surface area contributed by atoms with Crippen molar-refractivity contribution in [2.24, 2.45) is 5.92 Å². The van der Waals surface area contributed by atoms with Gasteiger partial charge in [-0.05, 0) is 30.5 Å². The molecule has 8 nitrogen and oxygen atoms in total. The van der Waals surface area contributed by atoms with Crippen LogP contribution in [0, 0.1) is 16.0 Å². The van der Waals surface area contributed by atoms with Crippen molar-refractivity contribution in [2.75, 3.05) is 12.0 Å². The minimum atomic E-state index is -1.08. The Kier molecular flexibility index (Phi) is 7.64. The highest BCUT2D eigenvalue weighted by atomic mass is 35.5. The summed E-state index contributed by atoms with van der Waals surface area (Å²) in [6, 6.07) is 6.25. The number of halogens is 2. The van der Waals surface area contributed by atoms with Crippen LogP contribution >= 0.6 is 23.2 Å². The van der Waals surface area contributed by atoms with Crippen molar-refractivity contribution in [3.63, 3.8) is 0 Å². The summed E-state index contributed by atoms with van der Waals surface area (Å²) in [5.41, 5.74) is -0.158. The van der Waals surface area contributed by atoms with Gasteiger partial charge in [-0.15, -0.1) is 0 Å². The molecular formula is C20H20Cl2N2O6. The van der Waals surface area contributed by atoms with Crippen LogP contribution in [0.2, 0.25) is 10.0 Å². The number of phenols is 1. The van der Waals surface area contributed by atoms with Crippen LogP contribution < -0.4 is 4.90 Å². The van der Waals surface area contributed by atoms with Gasteiger partial charge in [0.1, 0.15) is 11.8 Å². The van der Waals surface area contributed by atoms with E-state index in [1.807, 2.05) is 13.8 Å².